The Bertz CT molecular complexity index is 617. The van der Waals surface area contributed by atoms with E-state index in [1.165, 1.54) is 5.56 Å². The summed E-state index contributed by atoms with van der Waals surface area (Å²) in [6.07, 6.45) is 0. The summed E-state index contributed by atoms with van der Waals surface area (Å²) in [5, 5.41) is 0.0106. The van der Waals surface area contributed by atoms with E-state index in [-0.39, 0.29) is 22.7 Å². The van der Waals surface area contributed by atoms with E-state index in [2.05, 4.69) is 41.8 Å². The molecular formula is C14H17ClN4O. The minimum atomic E-state index is 0.0106. The van der Waals surface area contributed by atoms with E-state index in [1.54, 1.807) is 0 Å². The van der Waals surface area contributed by atoms with Crippen molar-refractivity contribution in [1.29, 1.82) is 0 Å². The van der Waals surface area contributed by atoms with Crippen LogP contribution in [-0.4, -0.2) is 15.0 Å². The normalized spacial score (nSPS) is 11.4. The Balaban J connectivity index is 2.30. The molecular weight excluding hydrogens is 276 g/mol. The highest BCUT2D eigenvalue weighted by atomic mass is 35.5. The molecule has 0 bridgehead atoms. The van der Waals surface area contributed by atoms with E-state index < -0.39 is 0 Å². The molecule has 0 fully saturated rings. The first-order chi connectivity index (χ1) is 9.25. The maximum Gasteiger partial charge on any atom is 0.328 e. The zero-order valence-corrected chi connectivity index (χ0v) is 12.7. The number of hydrogen-bond acceptors (Lipinski definition) is 5. The molecule has 0 unspecified atom stereocenters. The second-order valence-corrected chi connectivity index (χ2v) is 5.92. The molecule has 6 heteroatoms. The Morgan fingerprint density at radius 3 is 2.40 bits per heavy atom. The topological polar surface area (TPSA) is 73.9 Å². The zero-order valence-electron chi connectivity index (χ0n) is 11.9. The molecule has 1 aromatic carbocycles. The van der Waals surface area contributed by atoms with Gasteiger partial charge in [0.2, 0.25) is 11.2 Å². The van der Waals surface area contributed by atoms with Gasteiger partial charge in [0.1, 0.15) is 5.75 Å². The number of ether oxygens (including phenoxy) is 1. The minimum Gasteiger partial charge on any atom is -0.424 e. The van der Waals surface area contributed by atoms with Gasteiger partial charge in [-0.1, -0.05) is 32.9 Å². The smallest absolute Gasteiger partial charge is 0.328 e. The third kappa shape index (κ3) is 3.36. The number of rotatable bonds is 2. The molecule has 0 atom stereocenters. The summed E-state index contributed by atoms with van der Waals surface area (Å²) in [5.41, 5.74) is 7.82. The first kappa shape index (κ1) is 14.5. The summed E-state index contributed by atoms with van der Waals surface area (Å²) in [6.45, 7) is 8.45. The van der Waals surface area contributed by atoms with E-state index in [4.69, 9.17) is 22.1 Å². The van der Waals surface area contributed by atoms with Gasteiger partial charge in [0.25, 0.3) is 0 Å². The monoisotopic (exact) mass is 292 g/mol. The average molecular weight is 293 g/mol. The fourth-order valence-corrected chi connectivity index (χ4v) is 1.88. The molecule has 1 heterocycles. The highest BCUT2D eigenvalue weighted by Gasteiger charge is 2.15. The molecule has 0 saturated heterocycles. The van der Waals surface area contributed by atoms with E-state index in [9.17, 15) is 0 Å². The second-order valence-electron chi connectivity index (χ2n) is 5.58. The molecule has 20 heavy (non-hydrogen) atoms. The Morgan fingerprint density at radius 2 is 1.85 bits per heavy atom. The zero-order chi connectivity index (χ0) is 14.9. The first-order valence-corrected chi connectivity index (χ1v) is 6.59. The summed E-state index contributed by atoms with van der Waals surface area (Å²) < 4.78 is 5.61. The molecule has 0 spiro atoms. The van der Waals surface area contributed by atoms with Crippen molar-refractivity contribution >= 4 is 17.5 Å². The fraction of sp³-hybridized carbons (Fsp3) is 0.357. The van der Waals surface area contributed by atoms with Crippen molar-refractivity contribution in [1.82, 2.24) is 15.0 Å². The number of aryl methyl sites for hydroxylation is 1. The van der Waals surface area contributed by atoms with Crippen LogP contribution in [0.15, 0.2) is 18.2 Å². The largest absolute Gasteiger partial charge is 0.424 e. The van der Waals surface area contributed by atoms with Crippen LogP contribution in [0.1, 0.15) is 31.9 Å². The molecule has 1 aromatic heterocycles. The molecule has 5 nitrogen and oxygen atoms in total. The number of nitrogens with two attached hydrogens (primary N) is 1. The van der Waals surface area contributed by atoms with Gasteiger partial charge in [0.15, 0.2) is 0 Å². The van der Waals surface area contributed by atoms with Gasteiger partial charge >= 0.3 is 6.01 Å². The Hall–Kier alpha value is -1.88. The number of benzene rings is 1. The van der Waals surface area contributed by atoms with Crippen LogP contribution in [0, 0.1) is 6.92 Å². The predicted octanol–water partition coefficient (Wildman–Crippen LogP) is 3.51. The lowest BCUT2D eigenvalue weighted by atomic mass is 9.86. The molecule has 0 aliphatic carbocycles. The number of anilines is 1. The maximum atomic E-state index is 5.72. The quantitative estimate of drug-likeness (QED) is 0.917. The fourth-order valence-electron chi connectivity index (χ4n) is 1.72. The van der Waals surface area contributed by atoms with Crippen LogP contribution >= 0.6 is 11.6 Å². The molecule has 2 N–H and O–H groups in total. The molecule has 2 rings (SSSR count). The van der Waals surface area contributed by atoms with Crippen molar-refractivity contribution in [2.45, 2.75) is 33.1 Å². The van der Waals surface area contributed by atoms with Gasteiger partial charge in [0.05, 0.1) is 0 Å². The van der Waals surface area contributed by atoms with Crippen LogP contribution in [-0.2, 0) is 5.41 Å². The summed E-state index contributed by atoms with van der Waals surface area (Å²) in [4.78, 5) is 11.5. The lowest BCUT2D eigenvalue weighted by Crippen LogP contribution is -2.11. The third-order valence-corrected chi connectivity index (χ3v) is 3.02. The molecule has 2 aromatic rings. The minimum absolute atomic E-state index is 0.0106. The second kappa shape index (κ2) is 5.25. The SMILES string of the molecule is Cc1cc(C(C)(C)C)ccc1Oc1nc(N)nc(Cl)n1. The molecule has 0 aliphatic heterocycles. The number of halogens is 1. The van der Waals surface area contributed by atoms with E-state index in [0.717, 1.165) is 5.56 Å². The predicted molar refractivity (Wildman–Crippen MR) is 79.2 cm³/mol. The molecule has 106 valence electrons. The van der Waals surface area contributed by atoms with E-state index >= 15 is 0 Å². The van der Waals surface area contributed by atoms with Gasteiger partial charge in [-0.15, -0.1) is 0 Å². The summed E-state index contributed by atoms with van der Waals surface area (Å²) >= 11 is 5.72. The van der Waals surface area contributed by atoms with Crippen molar-refractivity contribution in [3.8, 4) is 11.8 Å². The molecule has 0 amide bonds. The standard InChI is InChI=1S/C14H17ClN4O/c1-8-7-9(14(2,3)4)5-6-10(8)20-13-18-11(15)17-12(16)19-13/h5-7H,1-4H3,(H2,16,17,18,19). The van der Waals surface area contributed by atoms with Gasteiger partial charge in [-0.05, 0) is 41.1 Å². The van der Waals surface area contributed by atoms with Gasteiger partial charge in [-0.25, -0.2) is 0 Å². The Morgan fingerprint density at radius 1 is 1.15 bits per heavy atom. The van der Waals surface area contributed by atoms with Gasteiger partial charge in [-0.3, -0.25) is 0 Å². The van der Waals surface area contributed by atoms with E-state index in [0.29, 0.717) is 5.75 Å². The van der Waals surface area contributed by atoms with Crippen LogP contribution in [0.2, 0.25) is 5.28 Å². The molecule has 0 saturated carbocycles. The lowest BCUT2D eigenvalue weighted by molar-refractivity contribution is 0.437. The highest BCUT2D eigenvalue weighted by Crippen LogP contribution is 2.29. The van der Waals surface area contributed by atoms with Crippen molar-refractivity contribution < 1.29 is 4.74 Å². The Kier molecular flexibility index (Phi) is 3.81. The first-order valence-electron chi connectivity index (χ1n) is 6.22. The van der Waals surface area contributed by atoms with Gasteiger partial charge < -0.3 is 10.5 Å². The summed E-state index contributed by atoms with van der Waals surface area (Å²) in [7, 11) is 0. The van der Waals surface area contributed by atoms with Crippen molar-refractivity contribution in [2.24, 2.45) is 0 Å². The third-order valence-electron chi connectivity index (χ3n) is 2.85. The Labute approximate surface area is 123 Å². The number of nitrogen functional groups attached to an aromatic ring is 1. The number of aromatic nitrogens is 3. The van der Waals surface area contributed by atoms with Gasteiger partial charge in [-0.2, -0.15) is 15.0 Å². The van der Waals surface area contributed by atoms with E-state index in [1.807, 2.05) is 19.1 Å². The number of hydrogen-bond donors (Lipinski definition) is 1. The summed E-state index contributed by atoms with van der Waals surface area (Å²) in [6, 6.07) is 6.09. The molecule has 0 aliphatic rings. The lowest BCUT2D eigenvalue weighted by Gasteiger charge is -2.20. The van der Waals surface area contributed by atoms with Crippen LogP contribution < -0.4 is 10.5 Å². The van der Waals surface area contributed by atoms with Crippen LogP contribution in [0.4, 0.5) is 5.95 Å². The van der Waals surface area contributed by atoms with Crippen LogP contribution in [0.5, 0.6) is 11.8 Å². The van der Waals surface area contributed by atoms with Crippen molar-refractivity contribution in [3.05, 3.63) is 34.6 Å². The van der Waals surface area contributed by atoms with Crippen LogP contribution in [0.25, 0.3) is 0 Å². The number of nitrogens with zero attached hydrogens (tertiary/aromatic N) is 3. The maximum absolute atomic E-state index is 5.72. The summed E-state index contributed by atoms with van der Waals surface area (Å²) in [5.74, 6) is 0.698. The average Bonchev–Trinajstić information content (AvgIpc) is 2.29. The highest BCUT2D eigenvalue weighted by molar-refractivity contribution is 6.28. The molecule has 0 radical (unpaired) electrons. The van der Waals surface area contributed by atoms with Crippen molar-refractivity contribution in [3.63, 3.8) is 0 Å². The van der Waals surface area contributed by atoms with Gasteiger partial charge in [0, 0.05) is 0 Å². The van der Waals surface area contributed by atoms with Crippen molar-refractivity contribution in [2.75, 3.05) is 5.73 Å². The van der Waals surface area contributed by atoms with Crippen LogP contribution in [0.3, 0.4) is 0 Å².